The van der Waals surface area contributed by atoms with Gasteiger partial charge in [-0.25, -0.2) is 9.78 Å². The number of benzene rings is 1. The van der Waals surface area contributed by atoms with Crippen molar-refractivity contribution in [2.24, 2.45) is 11.8 Å². The second-order valence-electron chi connectivity index (χ2n) is 12.3. The van der Waals surface area contributed by atoms with Gasteiger partial charge in [-0.05, 0) is 64.3 Å². The maximum atomic E-state index is 13.9. The molecule has 5 rings (SSSR count). The molecule has 4 heterocycles. The number of rotatable bonds is 6. The van der Waals surface area contributed by atoms with E-state index in [-0.39, 0.29) is 17.9 Å². The Balaban J connectivity index is 1.33. The van der Waals surface area contributed by atoms with E-state index in [1.54, 1.807) is 0 Å². The van der Waals surface area contributed by atoms with Crippen molar-refractivity contribution in [1.29, 1.82) is 0 Å². The molecule has 10 nitrogen and oxygen atoms in total. The molecule has 0 saturated carbocycles. The van der Waals surface area contributed by atoms with Gasteiger partial charge in [0.25, 0.3) is 0 Å². The SMILES string of the molecule is COC(=O)NC(C(=O)N1C[C@@H](C)C[C@H]1c1nc(-c2ccc(B3OC(C)(C)C(C)(C)O3)cc2)c[nH]1)C1CCOCC1. The van der Waals surface area contributed by atoms with Crippen LogP contribution in [0.3, 0.4) is 0 Å². The Labute approximate surface area is 236 Å². The number of nitrogens with one attached hydrogen (secondary N) is 2. The van der Waals surface area contributed by atoms with Crippen LogP contribution in [0.25, 0.3) is 11.3 Å². The Kier molecular flexibility index (Phi) is 8.00. The number of amides is 2. The number of hydrogen-bond donors (Lipinski definition) is 2. The van der Waals surface area contributed by atoms with E-state index in [2.05, 4.69) is 17.2 Å². The zero-order chi connectivity index (χ0) is 28.7. The molecule has 1 aromatic carbocycles. The van der Waals surface area contributed by atoms with Gasteiger partial charge in [-0.2, -0.15) is 0 Å². The minimum Gasteiger partial charge on any atom is -0.453 e. The second kappa shape index (κ2) is 11.2. The molecule has 1 aromatic heterocycles. The molecule has 216 valence electrons. The second-order valence-corrected chi connectivity index (χ2v) is 12.3. The van der Waals surface area contributed by atoms with Crippen LogP contribution in [0.2, 0.25) is 0 Å². The third-order valence-electron chi connectivity index (χ3n) is 8.90. The summed E-state index contributed by atoms with van der Waals surface area (Å²) in [5, 5.41) is 2.81. The average Bonchev–Trinajstić information content (AvgIpc) is 3.63. The van der Waals surface area contributed by atoms with Gasteiger partial charge in [0.2, 0.25) is 5.91 Å². The number of ether oxygens (including phenoxy) is 2. The van der Waals surface area contributed by atoms with Gasteiger partial charge >= 0.3 is 13.2 Å². The van der Waals surface area contributed by atoms with Crippen LogP contribution in [0.4, 0.5) is 4.79 Å². The Morgan fingerprint density at radius 1 is 1.12 bits per heavy atom. The highest BCUT2D eigenvalue weighted by Crippen LogP contribution is 2.38. The molecule has 0 aliphatic carbocycles. The summed E-state index contributed by atoms with van der Waals surface area (Å²) in [5.74, 6) is 0.935. The van der Waals surface area contributed by atoms with Crippen molar-refractivity contribution >= 4 is 24.6 Å². The molecule has 40 heavy (non-hydrogen) atoms. The molecule has 3 atom stereocenters. The number of hydrogen-bond acceptors (Lipinski definition) is 7. The van der Waals surface area contributed by atoms with Gasteiger partial charge in [0, 0.05) is 31.5 Å². The maximum Gasteiger partial charge on any atom is 0.494 e. The van der Waals surface area contributed by atoms with Crippen LogP contribution < -0.4 is 10.8 Å². The first kappa shape index (κ1) is 28.6. The molecule has 1 unspecified atom stereocenters. The Morgan fingerprint density at radius 2 is 1.77 bits per heavy atom. The maximum absolute atomic E-state index is 13.9. The number of carbonyl (C=O) groups excluding carboxylic acids is 2. The van der Waals surface area contributed by atoms with Crippen LogP contribution in [0.15, 0.2) is 30.5 Å². The topological polar surface area (TPSA) is 115 Å². The number of H-pyrrole nitrogens is 1. The highest BCUT2D eigenvalue weighted by Gasteiger charge is 2.51. The van der Waals surface area contributed by atoms with Gasteiger partial charge in [-0.1, -0.05) is 31.2 Å². The minimum atomic E-state index is -0.666. The lowest BCUT2D eigenvalue weighted by Crippen LogP contribution is -2.53. The van der Waals surface area contributed by atoms with Gasteiger partial charge < -0.3 is 34.0 Å². The van der Waals surface area contributed by atoms with E-state index in [4.69, 9.17) is 23.8 Å². The summed E-state index contributed by atoms with van der Waals surface area (Å²) < 4.78 is 22.7. The van der Waals surface area contributed by atoms with Crippen LogP contribution in [-0.2, 0) is 23.6 Å². The van der Waals surface area contributed by atoms with E-state index in [1.165, 1.54) is 7.11 Å². The minimum absolute atomic E-state index is 0.00782. The molecule has 0 bridgehead atoms. The Bertz CT molecular complexity index is 1190. The van der Waals surface area contributed by atoms with Crippen molar-refractivity contribution < 1.29 is 28.4 Å². The molecule has 3 aliphatic rings. The van der Waals surface area contributed by atoms with Crippen molar-refractivity contribution in [3.05, 3.63) is 36.3 Å². The van der Waals surface area contributed by atoms with E-state index < -0.39 is 30.5 Å². The van der Waals surface area contributed by atoms with Gasteiger partial charge in [0.1, 0.15) is 11.9 Å². The summed E-state index contributed by atoms with van der Waals surface area (Å²) in [7, 11) is 0.893. The smallest absolute Gasteiger partial charge is 0.453 e. The summed E-state index contributed by atoms with van der Waals surface area (Å²) in [6.45, 7) is 12.1. The number of carbonyl (C=O) groups is 2. The van der Waals surface area contributed by atoms with Crippen LogP contribution in [0.5, 0.6) is 0 Å². The summed E-state index contributed by atoms with van der Waals surface area (Å²) in [6, 6.07) is 7.18. The number of aromatic amines is 1. The van der Waals surface area contributed by atoms with E-state index in [9.17, 15) is 9.59 Å². The Hall–Kier alpha value is -2.89. The van der Waals surface area contributed by atoms with Gasteiger partial charge in [0.05, 0.1) is 30.0 Å². The highest BCUT2D eigenvalue weighted by atomic mass is 16.7. The predicted octanol–water partition coefficient (Wildman–Crippen LogP) is 3.44. The lowest BCUT2D eigenvalue weighted by molar-refractivity contribution is -0.137. The zero-order valence-corrected chi connectivity index (χ0v) is 24.4. The molecular formula is C29H41BN4O6. The summed E-state index contributed by atoms with van der Waals surface area (Å²) >= 11 is 0. The molecular weight excluding hydrogens is 511 g/mol. The summed E-state index contributed by atoms with van der Waals surface area (Å²) in [5.41, 5.74) is 1.92. The number of aromatic nitrogens is 2. The standard InChI is InChI=1S/C29H41BN4O6/c1-18-15-23(34(17-18)26(35)24(33-27(36)37-6)20-11-13-38-14-12-20)25-31-16-22(32-25)19-7-9-21(10-8-19)30-39-28(2,3)29(4,5)40-30/h7-10,16,18,20,23-24H,11-15,17H2,1-6H3,(H,31,32)(H,33,36)/t18-,23-,24?/m0/s1. The lowest BCUT2D eigenvalue weighted by atomic mass is 9.79. The average molecular weight is 552 g/mol. The fraction of sp³-hybridized carbons (Fsp3) is 0.621. The largest absolute Gasteiger partial charge is 0.494 e. The van der Waals surface area contributed by atoms with Crippen molar-refractivity contribution in [1.82, 2.24) is 20.2 Å². The van der Waals surface area contributed by atoms with Crippen molar-refractivity contribution in [3.8, 4) is 11.3 Å². The molecule has 11 heteroatoms. The zero-order valence-electron chi connectivity index (χ0n) is 24.4. The fourth-order valence-corrected chi connectivity index (χ4v) is 5.79. The number of nitrogens with zero attached hydrogens (tertiary/aromatic N) is 2. The molecule has 2 amide bonds. The molecule has 2 aromatic rings. The molecule has 3 aliphatic heterocycles. The molecule has 2 N–H and O–H groups in total. The lowest BCUT2D eigenvalue weighted by Gasteiger charge is -2.34. The van der Waals surface area contributed by atoms with E-state index in [0.717, 1.165) is 29.0 Å². The van der Waals surface area contributed by atoms with E-state index in [1.807, 2.05) is 63.1 Å². The van der Waals surface area contributed by atoms with Crippen LogP contribution >= 0.6 is 0 Å². The third kappa shape index (κ3) is 5.64. The summed E-state index contributed by atoms with van der Waals surface area (Å²) in [6.07, 6.45) is 3.49. The fourth-order valence-electron chi connectivity index (χ4n) is 5.79. The van der Waals surface area contributed by atoms with Gasteiger partial charge in [-0.3, -0.25) is 4.79 Å². The number of alkyl carbamates (subject to hydrolysis) is 1. The molecule has 3 saturated heterocycles. The predicted molar refractivity (Wildman–Crippen MR) is 151 cm³/mol. The number of likely N-dealkylation sites (tertiary alicyclic amines) is 1. The van der Waals surface area contributed by atoms with Crippen LogP contribution in [-0.4, -0.2) is 78.1 Å². The monoisotopic (exact) mass is 552 g/mol. The number of imidazole rings is 1. The summed E-state index contributed by atoms with van der Waals surface area (Å²) in [4.78, 5) is 36.2. The van der Waals surface area contributed by atoms with E-state index >= 15 is 0 Å². The molecule has 3 fully saturated rings. The quantitative estimate of drug-likeness (QED) is 0.528. The first-order valence-electron chi connectivity index (χ1n) is 14.2. The molecule has 0 radical (unpaired) electrons. The normalized spacial score (nSPS) is 25.1. The van der Waals surface area contributed by atoms with E-state index in [0.29, 0.717) is 38.5 Å². The van der Waals surface area contributed by atoms with Gasteiger partial charge in [-0.15, -0.1) is 0 Å². The first-order chi connectivity index (χ1) is 19.0. The van der Waals surface area contributed by atoms with Crippen molar-refractivity contribution in [2.45, 2.75) is 77.2 Å². The molecule has 0 spiro atoms. The van der Waals surface area contributed by atoms with Crippen LogP contribution in [0, 0.1) is 11.8 Å². The van der Waals surface area contributed by atoms with Gasteiger partial charge in [0.15, 0.2) is 0 Å². The van der Waals surface area contributed by atoms with Crippen molar-refractivity contribution in [2.75, 3.05) is 26.9 Å². The Morgan fingerprint density at radius 3 is 2.40 bits per heavy atom. The number of methoxy groups -OCH3 is 1. The highest BCUT2D eigenvalue weighted by molar-refractivity contribution is 6.62. The third-order valence-corrected chi connectivity index (χ3v) is 8.90. The van der Waals surface area contributed by atoms with Crippen LogP contribution in [0.1, 0.15) is 65.7 Å². The van der Waals surface area contributed by atoms with Crippen molar-refractivity contribution in [3.63, 3.8) is 0 Å². The first-order valence-corrected chi connectivity index (χ1v) is 14.2.